The van der Waals surface area contributed by atoms with Gasteiger partial charge >= 0.3 is 0 Å². The van der Waals surface area contributed by atoms with Crippen molar-refractivity contribution in [3.63, 3.8) is 0 Å². The second-order valence-corrected chi connectivity index (χ2v) is 9.86. The molecule has 1 aliphatic heterocycles. The number of carbonyl (C=O) groups excluding carboxylic acids is 1. The number of carbonyl (C=O) groups is 1. The van der Waals surface area contributed by atoms with Crippen molar-refractivity contribution >= 4 is 16.1 Å². The molecule has 1 spiro atoms. The standard InChI is InChI=1S/C16H29N3O3S/c1-18(2)23(21,22)19-11-14(10-17-15(20)13-6-7-13)16(12-19)8-4-3-5-9-16/h13-14H,3-12H2,1-2H3,(H,17,20). The van der Waals surface area contributed by atoms with E-state index in [2.05, 4.69) is 5.32 Å². The number of hydrogen-bond acceptors (Lipinski definition) is 3. The van der Waals surface area contributed by atoms with Crippen LogP contribution in [0.5, 0.6) is 0 Å². The van der Waals surface area contributed by atoms with Crippen molar-refractivity contribution in [3.05, 3.63) is 0 Å². The Hall–Kier alpha value is -0.660. The largest absolute Gasteiger partial charge is 0.356 e. The van der Waals surface area contributed by atoms with Crippen LogP contribution in [0.4, 0.5) is 0 Å². The molecule has 1 heterocycles. The Morgan fingerprint density at radius 1 is 1.22 bits per heavy atom. The molecule has 1 N–H and O–H groups in total. The minimum absolute atomic E-state index is 0.0537. The maximum atomic E-state index is 12.5. The van der Waals surface area contributed by atoms with Crippen molar-refractivity contribution in [2.45, 2.75) is 44.9 Å². The number of amides is 1. The molecule has 3 aliphatic rings. The first-order chi connectivity index (χ1) is 10.8. The fraction of sp³-hybridized carbons (Fsp3) is 0.938. The van der Waals surface area contributed by atoms with E-state index in [1.165, 1.54) is 23.6 Å². The van der Waals surface area contributed by atoms with Gasteiger partial charge in [-0.25, -0.2) is 0 Å². The predicted octanol–water partition coefficient (Wildman–Crippen LogP) is 1.20. The molecule has 23 heavy (non-hydrogen) atoms. The molecule has 0 radical (unpaired) electrons. The van der Waals surface area contributed by atoms with Gasteiger partial charge in [0.1, 0.15) is 0 Å². The van der Waals surface area contributed by atoms with E-state index < -0.39 is 10.2 Å². The van der Waals surface area contributed by atoms with Crippen molar-refractivity contribution in [3.8, 4) is 0 Å². The molecular weight excluding hydrogens is 314 g/mol. The Kier molecular flexibility index (Phi) is 4.73. The Morgan fingerprint density at radius 2 is 1.87 bits per heavy atom. The first-order valence-electron chi connectivity index (χ1n) is 8.80. The molecule has 1 atom stereocenters. The molecule has 132 valence electrons. The Balaban J connectivity index is 1.72. The zero-order chi connectivity index (χ0) is 16.7. The van der Waals surface area contributed by atoms with Crippen molar-refractivity contribution in [1.29, 1.82) is 0 Å². The van der Waals surface area contributed by atoms with Gasteiger partial charge < -0.3 is 5.32 Å². The van der Waals surface area contributed by atoms with E-state index in [9.17, 15) is 13.2 Å². The fourth-order valence-corrected chi connectivity index (χ4v) is 5.46. The van der Waals surface area contributed by atoms with E-state index >= 15 is 0 Å². The molecule has 1 amide bonds. The Bertz CT molecular complexity index is 551. The first-order valence-corrected chi connectivity index (χ1v) is 10.2. The molecule has 7 heteroatoms. The summed E-state index contributed by atoms with van der Waals surface area (Å²) >= 11 is 0. The highest BCUT2D eigenvalue weighted by molar-refractivity contribution is 7.86. The second kappa shape index (κ2) is 6.33. The van der Waals surface area contributed by atoms with E-state index in [0.29, 0.717) is 19.6 Å². The van der Waals surface area contributed by atoms with Crippen LogP contribution in [0.1, 0.15) is 44.9 Å². The SMILES string of the molecule is CN(C)S(=O)(=O)N1CC(CNC(=O)C2CC2)C2(CCCCC2)C1. The van der Waals surface area contributed by atoms with Crippen LogP contribution >= 0.6 is 0 Å². The highest BCUT2D eigenvalue weighted by atomic mass is 32.2. The average molecular weight is 343 g/mol. The van der Waals surface area contributed by atoms with Crippen molar-refractivity contribution in [2.24, 2.45) is 17.3 Å². The summed E-state index contributed by atoms with van der Waals surface area (Å²) < 4.78 is 28.0. The fourth-order valence-electron chi connectivity index (χ4n) is 4.21. The molecule has 0 aromatic carbocycles. The van der Waals surface area contributed by atoms with Gasteiger partial charge in [0.25, 0.3) is 10.2 Å². The molecular formula is C16H29N3O3S. The average Bonchev–Trinajstić information content (AvgIpc) is 3.30. The smallest absolute Gasteiger partial charge is 0.281 e. The monoisotopic (exact) mass is 343 g/mol. The second-order valence-electron chi connectivity index (χ2n) is 7.72. The van der Waals surface area contributed by atoms with Crippen LogP contribution in [0.2, 0.25) is 0 Å². The van der Waals surface area contributed by atoms with Crippen LogP contribution in [0.15, 0.2) is 0 Å². The zero-order valence-corrected chi connectivity index (χ0v) is 15.1. The molecule has 2 saturated carbocycles. The Labute approximate surface area is 139 Å². The van der Waals surface area contributed by atoms with Crippen molar-refractivity contribution < 1.29 is 13.2 Å². The topological polar surface area (TPSA) is 69.7 Å². The molecule has 1 unspecified atom stereocenters. The lowest BCUT2D eigenvalue weighted by Crippen LogP contribution is -2.40. The lowest BCUT2D eigenvalue weighted by molar-refractivity contribution is -0.122. The third kappa shape index (κ3) is 3.42. The van der Waals surface area contributed by atoms with E-state index in [1.54, 1.807) is 18.4 Å². The van der Waals surface area contributed by atoms with Crippen LogP contribution in [0.25, 0.3) is 0 Å². The van der Waals surface area contributed by atoms with Gasteiger partial charge in [0.05, 0.1) is 0 Å². The molecule has 1 saturated heterocycles. The molecule has 3 rings (SSSR count). The summed E-state index contributed by atoms with van der Waals surface area (Å²) in [4.78, 5) is 12.0. The summed E-state index contributed by atoms with van der Waals surface area (Å²) in [6, 6.07) is 0. The van der Waals surface area contributed by atoms with Crippen LogP contribution in [0, 0.1) is 17.3 Å². The summed E-state index contributed by atoms with van der Waals surface area (Å²) in [5.74, 6) is 0.602. The van der Waals surface area contributed by atoms with Crippen molar-refractivity contribution in [2.75, 3.05) is 33.7 Å². The quantitative estimate of drug-likeness (QED) is 0.815. The van der Waals surface area contributed by atoms with Crippen molar-refractivity contribution in [1.82, 2.24) is 13.9 Å². The normalized spacial score (nSPS) is 28.4. The maximum absolute atomic E-state index is 12.5. The zero-order valence-electron chi connectivity index (χ0n) is 14.3. The van der Waals surface area contributed by atoms with Crippen LogP contribution in [-0.4, -0.2) is 56.7 Å². The Morgan fingerprint density at radius 3 is 2.43 bits per heavy atom. The maximum Gasteiger partial charge on any atom is 0.281 e. The summed E-state index contributed by atoms with van der Waals surface area (Å²) in [5, 5.41) is 3.09. The van der Waals surface area contributed by atoms with Gasteiger partial charge in [-0.1, -0.05) is 19.3 Å². The predicted molar refractivity (Wildman–Crippen MR) is 88.9 cm³/mol. The van der Waals surface area contributed by atoms with Crippen LogP contribution < -0.4 is 5.32 Å². The van der Waals surface area contributed by atoms with Crippen LogP contribution in [-0.2, 0) is 15.0 Å². The molecule has 0 aromatic rings. The van der Waals surface area contributed by atoms with Crippen LogP contribution in [0.3, 0.4) is 0 Å². The van der Waals surface area contributed by atoms with Gasteiger partial charge in [-0.2, -0.15) is 17.0 Å². The molecule has 0 bridgehead atoms. The number of rotatable bonds is 5. The minimum Gasteiger partial charge on any atom is -0.356 e. The summed E-state index contributed by atoms with van der Waals surface area (Å²) in [7, 11) is -0.197. The van der Waals surface area contributed by atoms with E-state index in [1.807, 2.05) is 0 Å². The highest BCUT2D eigenvalue weighted by Gasteiger charge is 2.50. The van der Waals surface area contributed by atoms with Gasteiger partial charge in [-0.05, 0) is 37.0 Å². The lowest BCUT2D eigenvalue weighted by atomic mass is 9.68. The summed E-state index contributed by atoms with van der Waals surface area (Å²) in [6.07, 6.45) is 7.74. The highest BCUT2D eigenvalue weighted by Crippen LogP contribution is 2.48. The summed E-state index contributed by atoms with van der Waals surface area (Å²) in [5.41, 5.74) is 0.0537. The number of nitrogens with one attached hydrogen (secondary N) is 1. The van der Waals surface area contributed by atoms with Gasteiger partial charge in [-0.3, -0.25) is 4.79 Å². The van der Waals surface area contributed by atoms with E-state index in [4.69, 9.17) is 0 Å². The third-order valence-electron chi connectivity index (χ3n) is 5.89. The molecule has 6 nitrogen and oxygen atoms in total. The van der Waals surface area contributed by atoms with Gasteiger partial charge in [0, 0.05) is 39.6 Å². The lowest BCUT2D eigenvalue weighted by Gasteiger charge is -2.38. The van der Waals surface area contributed by atoms with Gasteiger partial charge in [-0.15, -0.1) is 0 Å². The van der Waals surface area contributed by atoms with Gasteiger partial charge in [0.15, 0.2) is 0 Å². The molecule has 0 aromatic heterocycles. The summed E-state index contributed by atoms with van der Waals surface area (Å²) in [6.45, 7) is 1.76. The molecule has 2 aliphatic carbocycles. The third-order valence-corrected chi connectivity index (χ3v) is 7.74. The van der Waals surface area contributed by atoms with E-state index in [-0.39, 0.29) is 23.2 Å². The number of hydrogen-bond donors (Lipinski definition) is 1. The van der Waals surface area contributed by atoms with Gasteiger partial charge in [0.2, 0.25) is 5.91 Å². The number of nitrogens with zero attached hydrogens (tertiary/aromatic N) is 2. The molecule has 3 fully saturated rings. The first kappa shape index (κ1) is 17.2. The van der Waals surface area contributed by atoms with E-state index in [0.717, 1.165) is 25.7 Å². The minimum atomic E-state index is -3.37.